The van der Waals surface area contributed by atoms with Gasteiger partial charge >= 0.3 is 6.03 Å². The summed E-state index contributed by atoms with van der Waals surface area (Å²) in [4.78, 5) is 21.3. The van der Waals surface area contributed by atoms with Crippen LogP contribution in [0, 0.1) is 0 Å². The van der Waals surface area contributed by atoms with E-state index in [0.717, 1.165) is 13.1 Å². The van der Waals surface area contributed by atoms with Crippen LogP contribution in [-0.4, -0.2) is 79.2 Å². The van der Waals surface area contributed by atoms with Crippen LogP contribution in [0.3, 0.4) is 0 Å². The minimum atomic E-state index is -3.74. The lowest BCUT2D eigenvalue weighted by atomic mass is 10.2. The number of urea groups is 1. The molecule has 2 amide bonds. The predicted molar refractivity (Wildman–Crippen MR) is 136 cm³/mol. The van der Waals surface area contributed by atoms with Gasteiger partial charge in [0.15, 0.2) is 0 Å². The Labute approximate surface area is 213 Å². The van der Waals surface area contributed by atoms with Gasteiger partial charge in [-0.1, -0.05) is 23.7 Å². The summed E-state index contributed by atoms with van der Waals surface area (Å²) < 4.78 is 33.8. The molecule has 0 saturated carbocycles. The fourth-order valence-electron chi connectivity index (χ4n) is 4.06. The molecule has 0 bridgehead atoms. The van der Waals surface area contributed by atoms with E-state index in [0.29, 0.717) is 42.6 Å². The third-order valence-electron chi connectivity index (χ3n) is 5.72. The molecule has 1 fully saturated rings. The van der Waals surface area contributed by atoms with Crippen LogP contribution < -0.4 is 5.32 Å². The second-order valence-electron chi connectivity index (χ2n) is 9.36. The van der Waals surface area contributed by atoms with Crippen LogP contribution in [0.15, 0.2) is 35.6 Å². The van der Waals surface area contributed by atoms with Crippen LogP contribution in [-0.2, 0) is 26.9 Å². The van der Waals surface area contributed by atoms with Crippen molar-refractivity contribution >= 4 is 27.5 Å². The molecule has 1 saturated heterocycles. The number of sulfone groups is 1. The van der Waals surface area contributed by atoms with Gasteiger partial charge in [-0.25, -0.2) is 18.2 Å². The lowest BCUT2D eigenvalue weighted by Gasteiger charge is -2.31. The second kappa shape index (κ2) is 12.2. The molecule has 1 aliphatic heterocycles. The molecule has 1 aromatic heterocycles. The third kappa shape index (κ3) is 7.67. The Bertz CT molecular complexity index is 1100. The number of hydrogen-bond acceptors (Lipinski definition) is 6. The Morgan fingerprint density at radius 3 is 2.57 bits per heavy atom. The van der Waals surface area contributed by atoms with E-state index < -0.39 is 9.84 Å². The summed E-state index contributed by atoms with van der Waals surface area (Å²) in [5.41, 5.74) is 1.27. The highest BCUT2D eigenvalue weighted by atomic mass is 35.5. The van der Waals surface area contributed by atoms with Crippen LogP contribution >= 0.6 is 11.6 Å². The lowest BCUT2D eigenvalue weighted by Crippen LogP contribution is -2.47. The summed E-state index contributed by atoms with van der Waals surface area (Å²) >= 11 is 6.04. The molecule has 11 heteroatoms. The zero-order valence-electron chi connectivity index (χ0n) is 20.9. The van der Waals surface area contributed by atoms with Crippen molar-refractivity contribution in [2.24, 2.45) is 0 Å². The van der Waals surface area contributed by atoms with Crippen molar-refractivity contribution in [1.29, 1.82) is 0 Å². The normalized spacial score (nSPS) is 15.1. The van der Waals surface area contributed by atoms with Crippen LogP contribution in [0.4, 0.5) is 4.79 Å². The van der Waals surface area contributed by atoms with Gasteiger partial charge in [0, 0.05) is 43.3 Å². The number of aromatic nitrogens is 2. The summed E-state index contributed by atoms with van der Waals surface area (Å²) in [6.07, 6.45) is 1.56. The maximum Gasteiger partial charge on any atom is 0.317 e. The number of nitrogens with one attached hydrogen (secondary N) is 1. The van der Waals surface area contributed by atoms with E-state index in [1.54, 1.807) is 39.9 Å². The Morgan fingerprint density at radius 2 is 1.94 bits per heavy atom. The highest BCUT2D eigenvalue weighted by Crippen LogP contribution is 2.23. The van der Waals surface area contributed by atoms with Gasteiger partial charge in [0.05, 0.1) is 37.4 Å². The molecule has 1 aliphatic rings. The molecule has 0 unspecified atom stereocenters. The molecule has 3 rings (SSSR count). The molecule has 35 heavy (non-hydrogen) atoms. The number of benzene rings is 1. The van der Waals surface area contributed by atoms with E-state index in [2.05, 4.69) is 15.2 Å². The molecule has 194 valence electrons. The van der Waals surface area contributed by atoms with Gasteiger partial charge in [-0.3, -0.25) is 4.90 Å². The van der Waals surface area contributed by atoms with E-state index in [9.17, 15) is 13.2 Å². The monoisotopic (exact) mass is 525 g/mol. The van der Waals surface area contributed by atoms with E-state index in [1.807, 2.05) is 27.7 Å². The fourth-order valence-corrected chi connectivity index (χ4v) is 5.86. The first-order chi connectivity index (χ1) is 16.6. The maximum atomic E-state index is 13.3. The first kappa shape index (κ1) is 27.4. The van der Waals surface area contributed by atoms with Gasteiger partial charge in [0.1, 0.15) is 0 Å². The van der Waals surface area contributed by atoms with Crippen molar-refractivity contribution in [3.05, 3.63) is 46.7 Å². The molecule has 0 radical (unpaired) electrons. The van der Waals surface area contributed by atoms with Crippen molar-refractivity contribution in [1.82, 2.24) is 24.7 Å². The molecule has 9 nitrogen and oxygen atoms in total. The van der Waals surface area contributed by atoms with Crippen molar-refractivity contribution in [2.45, 2.75) is 57.2 Å². The molecular weight excluding hydrogens is 490 g/mol. The summed E-state index contributed by atoms with van der Waals surface area (Å²) in [6, 6.07) is 6.45. The minimum absolute atomic E-state index is 0.000118. The fraction of sp³-hybridized carbons (Fsp3) is 0.583. The first-order valence-electron chi connectivity index (χ1n) is 12.0. The lowest BCUT2D eigenvalue weighted by molar-refractivity contribution is 0.0345. The Hall–Kier alpha value is -2.14. The summed E-state index contributed by atoms with van der Waals surface area (Å²) in [6.45, 7) is 12.2. The molecule has 0 aliphatic carbocycles. The number of halogens is 1. The number of amides is 2. The average Bonchev–Trinajstić information content (AvgIpc) is 3.21. The molecule has 2 heterocycles. The first-order valence-corrected chi connectivity index (χ1v) is 14.0. The maximum absolute atomic E-state index is 13.3. The summed E-state index contributed by atoms with van der Waals surface area (Å²) in [7, 11) is -3.74. The third-order valence-corrected chi connectivity index (χ3v) is 7.53. The zero-order chi connectivity index (χ0) is 25.6. The minimum Gasteiger partial charge on any atom is -0.379 e. The topological polar surface area (TPSA) is 96.8 Å². The van der Waals surface area contributed by atoms with Crippen molar-refractivity contribution in [2.75, 3.05) is 39.4 Å². The molecular formula is C24H36ClN5O4S. The van der Waals surface area contributed by atoms with Crippen molar-refractivity contribution < 1.29 is 17.9 Å². The van der Waals surface area contributed by atoms with Gasteiger partial charge in [0.25, 0.3) is 0 Å². The van der Waals surface area contributed by atoms with Crippen LogP contribution in [0.5, 0.6) is 0 Å². The van der Waals surface area contributed by atoms with Crippen molar-refractivity contribution in [3.8, 4) is 0 Å². The largest absolute Gasteiger partial charge is 0.379 e. The molecule has 2 aromatic rings. The molecule has 1 aromatic carbocycles. The average molecular weight is 526 g/mol. The number of rotatable bonds is 10. The van der Waals surface area contributed by atoms with E-state index in [4.69, 9.17) is 16.3 Å². The second-order valence-corrected chi connectivity index (χ2v) is 11.7. The highest BCUT2D eigenvalue weighted by Gasteiger charge is 2.27. The number of hydrogen-bond donors (Lipinski definition) is 1. The van der Waals surface area contributed by atoms with Crippen LogP contribution in [0.25, 0.3) is 0 Å². The van der Waals surface area contributed by atoms with Gasteiger partial charge in [0.2, 0.25) is 15.0 Å². The van der Waals surface area contributed by atoms with Crippen molar-refractivity contribution in [3.63, 3.8) is 0 Å². The Balaban J connectivity index is 1.84. The number of morpholine rings is 1. The van der Waals surface area contributed by atoms with E-state index >= 15 is 0 Å². The number of carbonyl (C=O) groups excluding carboxylic acids is 1. The highest BCUT2D eigenvalue weighted by molar-refractivity contribution is 7.90. The van der Waals surface area contributed by atoms with Gasteiger partial charge in [-0.2, -0.15) is 0 Å². The zero-order valence-corrected chi connectivity index (χ0v) is 22.5. The van der Waals surface area contributed by atoms with E-state index in [1.165, 1.54) is 0 Å². The van der Waals surface area contributed by atoms with Gasteiger partial charge in [-0.15, -0.1) is 0 Å². The quantitative estimate of drug-likeness (QED) is 0.511. The SMILES string of the molecule is CC(C)NC(=O)N(CCN1CCOCC1)Cc1cnc(S(=O)(=O)Cc2cccc(Cl)c2)n1C(C)C. The molecule has 1 N–H and O–H groups in total. The smallest absolute Gasteiger partial charge is 0.317 e. The van der Waals surface area contributed by atoms with Crippen LogP contribution in [0.2, 0.25) is 5.02 Å². The van der Waals surface area contributed by atoms with Gasteiger partial charge < -0.3 is 19.5 Å². The molecule has 0 atom stereocenters. The van der Waals surface area contributed by atoms with Crippen LogP contribution in [0.1, 0.15) is 45.0 Å². The number of nitrogens with zero attached hydrogens (tertiary/aromatic N) is 4. The summed E-state index contributed by atoms with van der Waals surface area (Å²) in [5.74, 6) is -0.203. The number of ether oxygens (including phenoxy) is 1. The number of imidazole rings is 1. The predicted octanol–water partition coefficient (Wildman–Crippen LogP) is 3.34. The summed E-state index contributed by atoms with van der Waals surface area (Å²) in [5, 5.41) is 3.44. The standard InChI is InChI=1S/C24H36ClN5O4S/c1-18(2)27-23(31)29(9-8-28-10-12-34-13-11-28)16-22-15-26-24(30(22)19(3)4)35(32,33)17-20-6-5-7-21(25)14-20/h5-7,14-15,18-19H,8-13,16-17H2,1-4H3,(H,27,31). The van der Waals surface area contributed by atoms with Gasteiger partial charge in [-0.05, 0) is 45.4 Å². The Kier molecular flexibility index (Phi) is 9.57. The molecule has 0 spiro atoms. The van der Waals surface area contributed by atoms with E-state index in [-0.39, 0.29) is 35.6 Å². The number of carbonyl (C=O) groups is 1. The Morgan fingerprint density at radius 1 is 1.23 bits per heavy atom.